The van der Waals surface area contributed by atoms with Gasteiger partial charge in [0.2, 0.25) is 10.0 Å². The Morgan fingerprint density at radius 1 is 1.10 bits per heavy atom. The second-order valence-electron chi connectivity index (χ2n) is 10.1. The van der Waals surface area contributed by atoms with Crippen LogP contribution in [0.25, 0.3) is 16.6 Å². The summed E-state index contributed by atoms with van der Waals surface area (Å²) < 4.78 is 39.1. The van der Waals surface area contributed by atoms with E-state index in [0.717, 1.165) is 16.7 Å². The summed E-state index contributed by atoms with van der Waals surface area (Å²) in [4.78, 5) is 16.7. The van der Waals surface area contributed by atoms with Gasteiger partial charge < -0.3 is 15.2 Å². The zero-order chi connectivity index (χ0) is 29.0. The molecule has 2 aromatic carbocycles. The Morgan fingerprint density at radius 2 is 1.93 bits per heavy atom. The molecule has 212 valence electrons. The predicted octanol–water partition coefficient (Wildman–Crippen LogP) is 5.16. The molecule has 8 nitrogen and oxygen atoms in total. The Hall–Kier alpha value is -4.21. The summed E-state index contributed by atoms with van der Waals surface area (Å²) in [6, 6.07) is 20.6. The Kier molecular flexibility index (Phi) is 8.10. The summed E-state index contributed by atoms with van der Waals surface area (Å²) in [6.07, 6.45) is 7.54. The van der Waals surface area contributed by atoms with Crippen molar-refractivity contribution in [2.75, 3.05) is 6.61 Å². The Balaban J connectivity index is 1.37. The summed E-state index contributed by atoms with van der Waals surface area (Å²) in [7, 11) is -3.86. The van der Waals surface area contributed by atoms with E-state index in [4.69, 9.17) is 15.2 Å². The number of allylic oxidation sites excluding steroid dienone is 3. The summed E-state index contributed by atoms with van der Waals surface area (Å²) >= 11 is 0. The van der Waals surface area contributed by atoms with Crippen molar-refractivity contribution in [2.45, 2.75) is 44.6 Å². The second kappa shape index (κ2) is 11.7. The molecule has 0 spiro atoms. The van der Waals surface area contributed by atoms with Crippen molar-refractivity contribution in [1.82, 2.24) is 8.96 Å². The fraction of sp³-hybridized carbons (Fsp3) is 0.250. The maximum atomic E-state index is 14.0. The third kappa shape index (κ3) is 5.82. The van der Waals surface area contributed by atoms with Crippen LogP contribution < -0.4 is 10.5 Å². The van der Waals surface area contributed by atoms with Crippen molar-refractivity contribution in [2.24, 2.45) is 5.73 Å². The molecule has 1 aliphatic carbocycles. The minimum Gasteiger partial charge on any atom is -0.487 e. The maximum Gasteiger partial charge on any atom is 0.310 e. The molecule has 0 amide bonds. The van der Waals surface area contributed by atoms with Crippen LogP contribution in [0, 0.1) is 0 Å². The van der Waals surface area contributed by atoms with E-state index in [2.05, 4.69) is 4.98 Å². The third-order valence-corrected chi connectivity index (χ3v) is 9.53. The number of esters is 1. The van der Waals surface area contributed by atoms with Crippen LogP contribution in [0.1, 0.15) is 42.7 Å². The lowest BCUT2D eigenvalue weighted by Crippen LogP contribution is -2.38. The number of aromatic nitrogens is 2. The first-order chi connectivity index (χ1) is 19.7. The topological polar surface area (TPSA) is 114 Å². The van der Waals surface area contributed by atoms with Gasteiger partial charge in [-0.1, -0.05) is 54.6 Å². The van der Waals surface area contributed by atoms with Crippen LogP contribution in [0.4, 0.5) is 0 Å². The number of carbonyl (C=O) groups is 1. The molecular weight excluding hydrogens is 538 g/mol. The molecule has 1 atom stereocenters. The largest absolute Gasteiger partial charge is 0.487 e. The van der Waals surface area contributed by atoms with Crippen molar-refractivity contribution in [3.05, 3.63) is 114 Å². The Labute approximate surface area is 240 Å². The fourth-order valence-corrected chi connectivity index (χ4v) is 6.41. The highest BCUT2D eigenvalue weighted by molar-refractivity contribution is 7.91. The molecule has 4 aromatic rings. The summed E-state index contributed by atoms with van der Waals surface area (Å²) in [6.45, 7) is 4.34. The molecule has 0 saturated heterocycles. The number of fused-ring (bicyclic) bond motifs is 1. The molecule has 0 bridgehead atoms. The number of benzene rings is 2. The van der Waals surface area contributed by atoms with Crippen molar-refractivity contribution in [1.29, 1.82) is 0 Å². The van der Waals surface area contributed by atoms with Crippen LogP contribution in [0.3, 0.4) is 0 Å². The van der Waals surface area contributed by atoms with E-state index in [1.165, 1.54) is 3.97 Å². The van der Waals surface area contributed by atoms with Crippen LogP contribution in [-0.2, 0) is 39.1 Å². The van der Waals surface area contributed by atoms with Crippen molar-refractivity contribution < 1.29 is 22.7 Å². The van der Waals surface area contributed by atoms with Gasteiger partial charge in [0.15, 0.2) is 5.65 Å². The Morgan fingerprint density at radius 3 is 2.68 bits per heavy atom. The predicted molar refractivity (Wildman–Crippen MR) is 160 cm³/mol. The van der Waals surface area contributed by atoms with Gasteiger partial charge in [0.05, 0.1) is 18.7 Å². The molecule has 2 N–H and O–H groups in total. The molecule has 1 unspecified atom stereocenters. The van der Waals surface area contributed by atoms with Crippen molar-refractivity contribution >= 4 is 32.6 Å². The average molecular weight is 572 g/mol. The van der Waals surface area contributed by atoms with E-state index in [0.29, 0.717) is 47.6 Å². The smallest absolute Gasteiger partial charge is 0.310 e. The van der Waals surface area contributed by atoms with Gasteiger partial charge in [-0.15, -0.1) is 0 Å². The minimum absolute atomic E-state index is 0.0955. The van der Waals surface area contributed by atoms with E-state index in [-0.39, 0.29) is 19.0 Å². The van der Waals surface area contributed by atoms with E-state index in [9.17, 15) is 13.2 Å². The summed E-state index contributed by atoms with van der Waals surface area (Å²) in [5.41, 5.74) is 10.4. The number of nitrogens with zero attached hydrogens (tertiary/aromatic N) is 2. The third-order valence-electron chi connectivity index (χ3n) is 7.24. The van der Waals surface area contributed by atoms with Crippen LogP contribution in [0.5, 0.6) is 5.75 Å². The minimum atomic E-state index is -3.86. The van der Waals surface area contributed by atoms with Crippen LogP contribution in [0.15, 0.2) is 91.2 Å². The van der Waals surface area contributed by atoms with Crippen LogP contribution >= 0.6 is 0 Å². The van der Waals surface area contributed by atoms with Crippen molar-refractivity contribution in [3.63, 3.8) is 0 Å². The molecule has 0 saturated carbocycles. The van der Waals surface area contributed by atoms with Gasteiger partial charge in [0, 0.05) is 23.7 Å². The Bertz CT molecular complexity index is 1760. The number of para-hydroxylation sites is 1. The number of hydrogen-bond acceptors (Lipinski definition) is 7. The number of rotatable bonds is 10. The first kappa shape index (κ1) is 28.3. The van der Waals surface area contributed by atoms with Gasteiger partial charge >= 0.3 is 5.97 Å². The van der Waals surface area contributed by atoms with Gasteiger partial charge in [0.1, 0.15) is 17.1 Å². The highest BCUT2D eigenvalue weighted by Crippen LogP contribution is 2.35. The number of carbonyl (C=O) groups excluding carboxylic acids is 1. The molecule has 0 radical (unpaired) electrons. The highest BCUT2D eigenvalue weighted by Gasteiger charge is 2.39. The van der Waals surface area contributed by atoms with Gasteiger partial charge in [-0.25, -0.2) is 17.4 Å². The van der Waals surface area contributed by atoms with Crippen LogP contribution in [-0.4, -0.2) is 34.7 Å². The first-order valence-corrected chi connectivity index (χ1v) is 15.0. The van der Waals surface area contributed by atoms with E-state index >= 15 is 0 Å². The standard InChI is InChI=1S/C32H33N3O5S/c1-3-39-30(36)20-27-8-4-5-10-29(27)40-22-28-12-11-25-15-18-35(31(25)34-28)41(37,38)32(2)16-13-24(14-17-32)26-9-6-7-23(19-26)21-33/h4-16,18-19H,3,17,20-22,33H2,1-2H3. The lowest BCUT2D eigenvalue weighted by atomic mass is 9.93. The zero-order valence-electron chi connectivity index (χ0n) is 23.1. The number of ether oxygens (including phenoxy) is 2. The number of pyridine rings is 1. The zero-order valence-corrected chi connectivity index (χ0v) is 23.9. The highest BCUT2D eigenvalue weighted by atomic mass is 32.2. The number of nitrogens with two attached hydrogens (primary N) is 1. The molecule has 2 heterocycles. The quantitative estimate of drug-likeness (QED) is 0.262. The number of hydrogen-bond donors (Lipinski definition) is 1. The van der Waals surface area contributed by atoms with Gasteiger partial charge in [-0.2, -0.15) is 0 Å². The monoisotopic (exact) mass is 571 g/mol. The van der Waals surface area contributed by atoms with Gasteiger partial charge in [-0.05, 0) is 67.3 Å². The molecule has 5 rings (SSSR count). The first-order valence-electron chi connectivity index (χ1n) is 13.5. The van der Waals surface area contributed by atoms with Crippen LogP contribution in [0.2, 0.25) is 0 Å². The van der Waals surface area contributed by atoms with Crippen molar-refractivity contribution in [3.8, 4) is 5.75 Å². The lowest BCUT2D eigenvalue weighted by molar-refractivity contribution is -0.142. The van der Waals surface area contributed by atoms with Gasteiger partial charge in [-0.3, -0.25) is 4.79 Å². The normalized spacial score (nSPS) is 16.9. The molecule has 1 aliphatic rings. The lowest BCUT2D eigenvalue weighted by Gasteiger charge is -2.28. The summed E-state index contributed by atoms with van der Waals surface area (Å²) in [5.74, 6) is 0.215. The van der Waals surface area contributed by atoms with E-state index < -0.39 is 14.8 Å². The summed E-state index contributed by atoms with van der Waals surface area (Å²) in [5, 5.41) is 0.707. The molecule has 41 heavy (non-hydrogen) atoms. The molecule has 0 aliphatic heterocycles. The molecule has 0 fully saturated rings. The maximum absolute atomic E-state index is 14.0. The molecule has 2 aromatic heterocycles. The van der Waals surface area contributed by atoms with Gasteiger partial charge in [0.25, 0.3) is 0 Å². The molecular formula is C32H33N3O5S. The second-order valence-corrected chi connectivity index (χ2v) is 12.4. The SMILES string of the molecule is CCOC(=O)Cc1ccccc1OCc1ccc2ccn(S(=O)(=O)C3(C)C=CC(c4cccc(CN)c4)=CC3)c2n1. The average Bonchev–Trinajstić information content (AvgIpc) is 3.41. The molecule has 9 heteroatoms. The van der Waals surface area contributed by atoms with E-state index in [1.807, 2.05) is 60.7 Å². The van der Waals surface area contributed by atoms with E-state index in [1.54, 1.807) is 44.3 Å². The fourth-order valence-electron chi connectivity index (χ4n) is 4.83.